The van der Waals surface area contributed by atoms with Crippen LogP contribution in [0.2, 0.25) is 0 Å². The molecule has 3 rings (SSSR count). The number of hydrogen-bond acceptors (Lipinski definition) is 4. The van der Waals surface area contributed by atoms with Gasteiger partial charge in [-0.1, -0.05) is 30.3 Å². The van der Waals surface area contributed by atoms with Crippen molar-refractivity contribution in [3.8, 4) is 0 Å². The fraction of sp³-hybridized carbons (Fsp3) is 0.444. The molecule has 6 nitrogen and oxygen atoms in total. The summed E-state index contributed by atoms with van der Waals surface area (Å²) in [5.74, 6) is 0.773. The van der Waals surface area contributed by atoms with E-state index >= 15 is 0 Å². The zero-order valence-corrected chi connectivity index (χ0v) is 14.4. The molecule has 1 N–H and O–H groups in total. The van der Waals surface area contributed by atoms with Gasteiger partial charge in [-0.2, -0.15) is 5.10 Å². The first-order chi connectivity index (χ1) is 11.6. The van der Waals surface area contributed by atoms with E-state index in [-0.39, 0.29) is 5.91 Å². The van der Waals surface area contributed by atoms with Crippen molar-refractivity contribution < 1.29 is 4.79 Å². The molecule has 1 aliphatic rings. The van der Waals surface area contributed by atoms with Crippen LogP contribution in [0.15, 0.2) is 36.4 Å². The number of piperazine rings is 1. The Labute approximate surface area is 143 Å². The van der Waals surface area contributed by atoms with Crippen molar-refractivity contribution in [3.63, 3.8) is 0 Å². The van der Waals surface area contributed by atoms with Crippen molar-refractivity contribution in [2.75, 3.05) is 38.0 Å². The molecule has 1 fully saturated rings. The molecule has 1 aromatic carbocycles. The second-order valence-corrected chi connectivity index (χ2v) is 6.38. The summed E-state index contributed by atoms with van der Waals surface area (Å²) < 4.78 is 1.70. The fourth-order valence-corrected chi connectivity index (χ4v) is 3.06. The van der Waals surface area contributed by atoms with Crippen LogP contribution in [0.25, 0.3) is 0 Å². The molecule has 1 aliphatic heterocycles. The van der Waals surface area contributed by atoms with E-state index in [2.05, 4.69) is 44.5 Å². The van der Waals surface area contributed by atoms with Crippen molar-refractivity contribution >= 4 is 11.7 Å². The third-order valence-corrected chi connectivity index (χ3v) is 4.35. The predicted molar refractivity (Wildman–Crippen MR) is 94.7 cm³/mol. The van der Waals surface area contributed by atoms with Gasteiger partial charge in [0.1, 0.15) is 5.82 Å². The van der Waals surface area contributed by atoms with Crippen molar-refractivity contribution in [1.29, 1.82) is 0 Å². The van der Waals surface area contributed by atoms with Crippen LogP contribution in [0.1, 0.15) is 11.3 Å². The molecule has 0 saturated carbocycles. The maximum atomic E-state index is 12.2. The maximum absolute atomic E-state index is 12.2. The van der Waals surface area contributed by atoms with E-state index in [1.54, 1.807) is 4.68 Å². The van der Waals surface area contributed by atoms with Gasteiger partial charge >= 0.3 is 0 Å². The predicted octanol–water partition coefficient (Wildman–Crippen LogP) is 1.48. The minimum atomic E-state index is 0.0227. The standard InChI is InChI=1S/C18H25N5O/c1-15-12-17(21(2)20-15)19-18(24)14-23-10-8-22(9-11-23)13-16-6-4-3-5-7-16/h3-7,12H,8-11,13-14H2,1-2H3,(H,19,24). The highest BCUT2D eigenvalue weighted by Gasteiger charge is 2.19. The number of hydrogen-bond donors (Lipinski definition) is 1. The summed E-state index contributed by atoms with van der Waals surface area (Å²) in [4.78, 5) is 16.9. The maximum Gasteiger partial charge on any atom is 0.239 e. The second kappa shape index (κ2) is 7.59. The number of amides is 1. The molecule has 0 atom stereocenters. The number of carbonyl (C=O) groups excluding carboxylic acids is 1. The highest BCUT2D eigenvalue weighted by atomic mass is 16.2. The van der Waals surface area contributed by atoms with E-state index in [1.807, 2.05) is 26.1 Å². The number of aromatic nitrogens is 2. The van der Waals surface area contributed by atoms with Gasteiger partial charge in [0.15, 0.2) is 0 Å². The molecule has 2 aromatic rings. The van der Waals surface area contributed by atoms with E-state index in [4.69, 9.17) is 0 Å². The van der Waals surface area contributed by atoms with Crippen molar-refractivity contribution in [2.45, 2.75) is 13.5 Å². The average molecular weight is 327 g/mol. The Morgan fingerprint density at radius 2 is 1.79 bits per heavy atom. The molecule has 1 saturated heterocycles. The van der Waals surface area contributed by atoms with E-state index in [1.165, 1.54) is 5.56 Å². The number of anilines is 1. The summed E-state index contributed by atoms with van der Waals surface area (Å²) in [5.41, 5.74) is 2.25. The van der Waals surface area contributed by atoms with Gasteiger partial charge in [-0.25, -0.2) is 0 Å². The summed E-state index contributed by atoms with van der Waals surface area (Å²) in [6.45, 7) is 7.16. The van der Waals surface area contributed by atoms with Crippen molar-refractivity contribution in [3.05, 3.63) is 47.7 Å². The highest BCUT2D eigenvalue weighted by Crippen LogP contribution is 2.10. The molecule has 128 valence electrons. The van der Waals surface area contributed by atoms with Gasteiger partial charge in [0.05, 0.1) is 12.2 Å². The first kappa shape index (κ1) is 16.7. The zero-order valence-electron chi connectivity index (χ0n) is 14.4. The van der Waals surface area contributed by atoms with Gasteiger partial charge < -0.3 is 5.32 Å². The van der Waals surface area contributed by atoms with Crippen LogP contribution in [0.3, 0.4) is 0 Å². The van der Waals surface area contributed by atoms with Gasteiger partial charge in [-0.15, -0.1) is 0 Å². The lowest BCUT2D eigenvalue weighted by Gasteiger charge is -2.34. The fourth-order valence-electron chi connectivity index (χ4n) is 3.06. The van der Waals surface area contributed by atoms with Crippen molar-refractivity contribution in [1.82, 2.24) is 19.6 Å². The quantitative estimate of drug-likeness (QED) is 0.904. The largest absolute Gasteiger partial charge is 0.310 e. The molecule has 0 spiro atoms. The Morgan fingerprint density at radius 1 is 1.12 bits per heavy atom. The van der Waals surface area contributed by atoms with Crippen LogP contribution < -0.4 is 5.32 Å². The van der Waals surface area contributed by atoms with Crippen LogP contribution in [-0.4, -0.2) is 58.2 Å². The molecule has 1 amide bonds. The number of nitrogens with one attached hydrogen (secondary N) is 1. The summed E-state index contributed by atoms with van der Waals surface area (Å²) >= 11 is 0. The SMILES string of the molecule is Cc1cc(NC(=O)CN2CCN(Cc3ccccc3)CC2)n(C)n1. The molecule has 0 bridgehead atoms. The minimum Gasteiger partial charge on any atom is -0.310 e. The number of rotatable bonds is 5. The lowest BCUT2D eigenvalue weighted by molar-refractivity contribution is -0.117. The molecule has 2 heterocycles. The van der Waals surface area contributed by atoms with Crippen LogP contribution in [0.5, 0.6) is 0 Å². The van der Waals surface area contributed by atoms with Gasteiger partial charge in [0.2, 0.25) is 5.91 Å². The Bertz CT molecular complexity index is 674. The minimum absolute atomic E-state index is 0.0227. The smallest absolute Gasteiger partial charge is 0.239 e. The van der Waals surface area contributed by atoms with E-state index in [0.29, 0.717) is 6.54 Å². The summed E-state index contributed by atoms with van der Waals surface area (Å²) in [6.07, 6.45) is 0. The Kier molecular flexibility index (Phi) is 5.27. The normalized spacial score (nSPS) is 16.2. The van der Waals surface area contributed by atoms with Crippen LogP contribution in [0, 0.1) is 6.92 Å². The summed E-state index contributed by atoms with van der Waals surface area (Å²) in [7, 11) is 1.84. The molecule has 0 unspecified atom stereocenters. The molecule has 1 aromatic heterocycles. The number of benzene rings is 1. The number of aryl methyl sites for hydroxylation is 2. The Hall–Kier alpha value is -2.18. The van der Waals surface area contributed by atoms with Crippen LogP contribution >= 0.6 is 0 Å². The monoisotopic (exact) mass is 327 g/mol. The Morgan fingerprint density at radius 3 is 2.42 bits per heavy atom. The molecule has 0 radical (unpaired) electrons. The van der Waals surface area contributed by atoms with Crippen molar-refractivity contribution in [2.24, 2.45) is 7.05 Å². The van der Waals surface area contributed by atoms with E-state index < -0.39 is 0 Å². The zero-order chi connectivity index (χ0) is 16.9. The molecular formula is C18H25N5O. The third kappa shape index (κ3) is 4.43. The molecule has 24 heavy (non-hydrogen) atoms. The van der Waals surface area contributed by atoms with Gasteiger partial charge in [-0.05, 0) is 12.5 Å². The average Bonchev–Trinajstić information content (AvgIpc) is 2.87. The first-order valence-electron chi connectivity index (χ1n) is 8.39. The lowest BCUT2D eigenvalue weighted by atomic mass is 10.2. The summed E-state index contributed by atoms with van der Waals surface area (Å²) in [5, 5.41) is 7.18. The third-order valence-electron chi connectivity index (χ3n) is 4.35. The topological polar surface area (TPSA) is 53.4 Å². The molecule has 0 aliphatic carbocycles. The van der Waals surface area contributed by atoms with E-state index in [9.17, 15) is 4.79 Å². The lowest BCUT2D eigenvalue weighted by Crippen LogP contribution is -2.48. The van der Waals surface area contributed by atoms with Gasteiger partial charge in [-0.3, -0.25) is 19.3 Å². The van der Waals surface area contributed by atoms with Gasteiger partial charge in [0, 0.05) is 45.8 Å². The first-order valence-corrected chi connectivity index (χ1v) is 8.39. The second-order valence-electron chi connectivity index (χ2n) is 6.38. The van der Waals surface area contributed by atoms with Crippen LogP contribution in [0.4, 0.5) is 5.82 Å². The number of nitrogens with zero attached hydrogens (tertiary/aromatic N) is 4. The van der Waals surface area contributed by atoms with E-state index in [0.717, 1.165) is 44.2 Å². The van der Waals surface area contributed by atoms with Crippen LogP contribution in [-0.2, 0) is 18.4 Å². The summed E-state index contributed by atoms with van der Waals surface area (Å²) in [6, 6.07) is 12.4. The molecule has 6 heteroatoms. The van der Waals surface area contributed by atoms with Gasteiger partial charge in [0.25, 0.3) is 0 Å². The Balaban J connectivity index is 1.43. The number of carbonyl (C=O) groups is 1. The molecular weight excluding hydrogens is 302 g/mol. The highest BCUT2D eigenvalue weighted by molar-refractivity contribution is 5.91.